The topological polar surface area (TPSA) is 43.1 Å². The lowest BCUT2D eigenvalue weighted by atomic mass is 10.2. The summed E-state index contributed by atoms with van der Waals surface area (Å²) in [6.07, 6.45) is 1.44. The second kappa shape index (κ2) is 2.96. The largest absolute Gasteiger partial charge is 0.276 e. The van der Waals surface area contributed by atoms with Gasteiger partial charge in [-0.3, -0.25) is 10.1 Å². The Hall–Kier alpha value is -1.64. The van der Waals surface area contributed by atoms with Crippen LogP contribution in [0.15, 0.2) is 24.8 Å². The van der Waals surface area contributed by atoms with E-state index in [1.165, 1.54) is 24.3 Å². The first-order valence-corrected chi connectivity index (χ1v) is 3.02. The van der Waals surface area contributed by atoms with Gasteiger partial charge in [-0.25, -0.2) is 0 Å². The number of nitrogens with zero attached hydrogens (tertiary/aromatic N) is 1. The second-order valence-electron chi connectivity index (χ2n) is 1.95. The molecule has 1 aromatic carbocycles. The van der Waals surface area contributed by atoms with Gasteiger partial charge < -0.3 is 0 Å². The molecule has 1 radical (unpaired) electrons. The molecule has 0 aromatic heterocycles. The van der Waals surface area contributed by atoms with Crippen LogP contribution < -0.4 is 0 Å². The number of nitro benzene ring substituents is 1. The lowest BCUT2D eigenvalue weighted by molar-refractivity contribution is -0.385. The molecule has 0 bridgehead atoms. The number of hydrogen-bond acceptors (Lipinski definition) is 2. The Morgan fingerprint density at radius 2 is 2.45 bits per heavy atom. The Labute approximate surface area is 64.1 Å². The Morgan fingerprint density at radius 1 is 1.73 bits per heavy atom. The van der Waals surface area contributed by atoms with E-state index in [0.717, 1.165) is 0 Å². The van der Waals surface area contributed by atoms with Crippen LogP contribution in [0.3, 0.4) is 0 Å². The summed E-state index contributed by atoms with van der Waals surface area (Å²) >= 11 is 0. The zero-order chi connectivity index (χ0) is 8.27. The molecule has 0 amide bonds. The van der Waals surface area contributed by atoms with Crippen molar-refractivity contribution in [2.24, 2.45) is 0 Å². The Balaban J connectivity index is 3.22. The summed E-state index contributed by atoms with van der Waals surface area (Å²) in [4.78, 5) is 9.88. The van der Waals surface area contributed by atoms with Crippen molar-refractivity contribution in [1.29, 1.82) is 0 Å². The van der Waals surface area contributed by atoms with Crippen LogP contribution in [0.1, 0.15) is 5.56 Å². The van der Waals surface area contributed by atoms with Gasteiger partial charge in [-0.1, -0.05) is 12.7 Å². The van der Waals surface area contributed by atoms with E-state index in [1.54, 1.807) is 0 Å². The van der Waals surface area contributed by atoms with Crippen molar-refractivity contribution in [3.8, 4) is 0 Å². The van der Waals surface area contributed by atoms with E-state index in [9.17, 15) is 10.1 Å². The highest BCUT2D eigenvalue weighted by Gasteiger charge is 2.07. The van der Waals surface area contributed by atoms with Gasteiger partial charge in [0.25, 0.3) is 5.69 Å². The minimum Gasteiger partial charge on any atom is -0.258 e. The first-order valence-electron chi connectivity index (χ1n) is 3.02. The van der Waals surface area contributed by atoms with Crippen LogP contribution in [0.25, 0.3) is 6.08 Å². The normalized spacial score (nSPS) is 9.09. The predicted octanol–water partition coefficient (Wildman–Crippen LogP) is 2.04. The van der Waals surface area contributed by atoms with Gasteiger partial charge in [0, 0.05) is 6.07 Å². The van der Waals surface area contributed by atoms with Gasteiger partial charge in [0.05, 0.1) is 10.5 Å². The van der Waals surface area contributed by atoms with Crippen molar-refractivity contribution in [1.82, 2.24) is 0 Å². The van der Waals surface area contributed by atoms with Gasteiger partial charge in [0.15, 0.2) is 0 Å². The molecule has 3 heteroatoms. The number of rotatable bonds is 2. The van der Waals surface area contributed by atoms with Crippen LogP contribution in [0.2, 0.25) is 0 Å². The fourth-order valence-corrected chi connectivity index (χ4v) is 0.765. The SMILES string of the molecule is C=Cc1c[c]ccc1[N+](=O)[O-]. The second-order valence-corrected chi connectivity index (χ2v) is 1.95. The molecule has 0 atom stereocenters. The molecule has 0 unspecified atom stereocenters. The predicted molar refractivity (Wildman–Crippen MR) is 42.0 cm³/mol. The van der Waals surface area contributed by atoms with E-state index in [0.29, 0.717) is 5.56 Å². The van der Waals surface area contributed by atoms with Gasteiger partial charge in [-0.2, -0.15) is 0 Å². The van der Waals surface area contributed by atoms with Crippen LogP contribution in [-0.2, 0) is 0 Å². The maximum absolute atomic E-state index is 10.3. The molecule has 0 N–H and O–H groups in total. The molecule has 0 fully saturated rings. The molecular weight excluding hydrogens is 142 g/mol. The molecule has 0 spiro atoms. The molecule has 0 aliphatic carbocycles. The van der Waals surface area contributed by atoms with Gasteiger partial charge in [0.1, 0.15) is 0 Å². The van der Waals surface area contributed by atoms with Gasteiger partial charge >= 0.3 is 0 Å². The average Bonchev–Trinajstić information content (AvgIpc) is 2.04. The fourth-order valence-electron chi connectivity index (χ4n) is 0.765. The summed E-state index contributed by atoms with van der Waals surface area (Å²) in [6, 6.07) is 7.17. The van der Waals surface area contributed by atoms with Crippen LogP contribution in [0.4, 0.5) is 5.69 Å². The van der Waals surface area contributed by atoms with Crippen molar-refractivity contribution >= 4 is 11.8 Å². The van der Waals surface area contributed by atoms with Gasteiger partial charge in [-0.15, -0.1) is 0 Å². The maximum atomic E-state index is 10.3. The lowest BCUT2D eigenvalue weighted by Gasteiger charge is -1.93. The minimum atomic E-state index is -0.440. The molecule has 1 aromatic rings. The summed E-state index contributed by atoms with van der Waals surface area (Å²) in [5.41, 5.74) is 0.566. The molecule has 0 saturated heterocycles. The summed E-state index contributed by atoms with van der Waals surface area (Å²) in [5, 5.41) is 10.3. The average molecular weight is 148 g/mol. The standard InChI is InChI=1S/C8H6NO2/c1-2-7-5-3-4-6-8(7)9(10)11/h2,4-6H,1H2. The molecule has 0 saturated carbocycles. The summed E-state index contributed by atoms with van der Waals surface area (Å²) in [6.45, 7) is 3.45. The van der Waals surface area contributed by atoms with Crippen LogP contribution >= 0.6 is 0 Å². The van der Waals surface area contributed by atoms with Gasteiger partial charge in [0.2, 0.25) is 0 Å². The molecule has 0 aliphatic heterocycles. The van der Waals surface area contributed by atoms with Crippen LogP contribution in [0, 0.1) is 16.2 Å². The van der Waals surface area contributed by atoms with Crippen LogP contribution in [-0.4, -0.2) is 4.92 Å². The van der Waals surface area contributed by atoms with Crippen molar-refractivity contribution in [2.75, 3.05) is 0 Å². The molecule has 0 aliphatic rings. The minimum absolute atomic E-state index is 0.0683. The number of benzene rings is 1. The zero-order valence-electron chi connectivity index (χ0n) is 5.78. The number of nitro groups is 1. The van der Waals surface area contributed by atoms with E-state index in [-0.39, 0.29) is 5.69 Å². The zero-order valence-corrected chi connectivity index (χ0v) is 5.78. The quantitative estimate of drug-likeness (QED) is 0.475. The summed E-state index contributed by atoms with van der Waals surface area (Å²) in [7, 11) is 0. The smallest absolute Gasteiger partial charge is 0.258 e. The highest BCUT2D eigenvalue weighted by molar-refractivity contribution is 5.58. The van der Waals surface area contributed by atoms with Gasteiger partial charge in [-0.05, 0) is 18.2 Å². The third kappa shape index (κ3) is 1.43. The Morgan fingerprint density at radius 3 is 2.91 bits per heavy atom. The monoisotopic (exact) mass is 148 g/mol. The molecule has 3 nitrogen and oxygen atoms in total. The van der Waals surface area contributed by atoms with E-state index in [1.807, 2.05) is 0 Å². The Kier molecular flexibility index (Phi) is 2.01. The molecule has 11 heavy (non-hydrogen) atoms. The highest BCUT2D eigenvalue weighted by atomic mass is 16.6. The summed E-state index contributed by atoms with van der Waals surface area (Å²) in [5.74, 6) is 0. The van der Waals surface area contributed by atoms with Crippen molar-refractivity contribution in [2.45, 2.75) is 0 Å². The van der Waals surface area contributed by atoms with E-state index >= 15 is 0 Å². The Bertz CT molecular complexity index is 294. The first-order chi connectivity index (χ1) is 5.25. The molecule has 55 valence electrons. The molecular formula is C8H6NO2. The van der Waals surface area contributed by atoms with Crippen molar-refractivity contribution < 1.29 is 4.92 Å². The maximum Gasteiger partial charge on any atom is 0.276 e. The van der Waals surface area contributed by atoms with E-state index < -0.39 is 4.92 Å². The third-order valence-corrected chi connectivity index (χ3v) is 1.29. The number of hydrogen-bond donors (Lipinski definition) is 0. The highest BCUT2D eigenvalue weighted by Crippen LogP contribution is 2.17. The van der Waals surface area contributed by atoms with Crippen molar-refractivity contribution in [3.05, 3.63) is 46.5 Å². The third-order valence-electron chi connectivity index (χ3n) is 1.29. The van der Waals surface area contributed by atoms with E-state index in [4.69, 9.17) is 0 Å². The fraction of sp³-hybridized carbons (Fsp3) is 0. The lowest BCUT2D eigenvalue weighted by Crippen LogP contribution is -1.89. The first kappa shape index (κ1) is 7.47. The molecule has 0 heterocycles. The van der Waals surface area contributed by atoms with E-state index in [2.05, 4.69) is 12.6 Å². The van der Waals surface area contributed by atoms with Crippen molar-refractivity contribution in [3.63, 3.8) is 0 Å². The summed E-state index contributed by atoms with van der Waals surface area (Å²) < 4.78 is 0. The molecule has 1 rings (SSSR count). The van der Waals surface area contributed by atoms with Crippen LogP contribution in [0.5, 0.6) is 0 Å².